The Hall–Kier alpha value is -4.46. The predicted molar refractivity (Wildman–Crippen MR) is 137 cm³/mol. The monoisotopic (exact) mass is 456 g/mol. The molecule has 3 aromatic rings. The van der Waals surface area contributed by atoms with Crippen molar-refractivity contribution in [2.24, 2.45) is 10.2 Å². The third-order valence-electron chi connectivity index (χ3n) is 4.72. The van der Waals surface area contributed by atoms with Crippen LogP contribution in [0.1, 0.15) is 22.3 Å². The van der Waals surface area contributed by atoms with Crippen LogP contribution < -0.4 is 21.5 Å². The predicted octanol–water partition coefficient (Wildman–Crippen LogP) is 3.43. The van der Waals surface area contributed by atoms with Gasteiger partial charge in [0.15, 0.2) is 0 Å². The Kier molecular flexibility index (Phi) is 8.92. The molecule has 0 aliphatic carbocycles. The summed E-state index contributed by atoms with van der Waals surface area (Å²) in [5.74, 6) is -0.533. The van der Waals surface area contributed by atoms with E-state index in [1.165, 1.54) is 12.4 Å². The zero-order valence-electron chi connectivity index (χ0n) is 19.2. The van der Waals surface area contributed by atoms with Gasteiger partial charge in [0.1, 0.15) is 0 Å². The van der Waals surface area contributed by atoms with Gasteiger partial charge in [-0.15, -0.1) is 0 Å². The highest BCUT2D eigenvalue weighted by atomic mass is 16.2. The van der Waals surface area contributed by atoms with Crippen molar-refractivity contribution in [1.29, 1.82) is 0 Å². The number of hydrogen-bond acceptors (Lipinski definition) is 6. The van der Waals surface area contributed by atoms with Gasteiger partial charge in [-0.05, 0) is 49.2 Å². The van der Waals surface area contributed by atoms with Crippen molar-refractivity contribution in [1.82, 2.24) is 10.9 Å². The largest absolute Gasteiger partial charge is 0.376 e. The molecule has 8 heteroatoms. The number of rotatable bonds is 10. The molecule has 0 radical (unpaired) electrons. The third-order valence-corrected chi connectivity index (χ3v) is 4.72. The Bertz CT molecular complexity index is 1100. The fraction of sp³-hybridized carbons (Fsp3) is 0.154. The van der Waals surface area contributed by atoms with E-state index < -0.39 is 0 Å². The van der Waals surface area contributed by atoms with Crippen LogP contribution in [0.3, 0.4) is 0 Å². The van der Waals surface area contributed by atoms with Crippen molar-refractivity contribution in [2.45, 2.75) is 13.8 Å². The molecule has 0 fully saturated rings. The molecule has 2 amide bonds. The zero-order chi connectivity index (χ0) is 24.2. The molecule has 0 aliphatic heterocycles. The summed E-state index contributed by atoms with van der Waals surface area (Å²) in [5.41, 5.74) is 10.4. The van der Waals surface area contributed by atoms with Crippen molar-refractivity contribution in [2.75, 3.05) is 23.7 Å². The second kappa shape index (κ2) is 12.5. The van der Waals surface area contributed by atoms with E-state index in [9.17, 15) is 9.59 Å². The molecular formula is C26H28N6O2. The number of anilines is 2. The van der Waals surface area contributed by atoms with Gasteiger partial charge in [-0.2, -0.15) is 10.2 Å². The van der Waals surface area contributed by atoms with Crippen LogP contribution in [0.25, 0.3) is 0 Å². The van der Waals surface area contributed by atoms with E-state index in [1.807, 2.05) is 86.6 Å². The SMILES string of the molecule is Cc1cccc(NCC(=O)NN=Cc2ccccc2C=NNC(=O)CNc2cccc(C)c2)c1. The van der Waals surface area contributed by atoms with Crippen molar-refractivity contribution in [3.63, 3.8) is 0 Å². The average Bonchev–Trinajstić information content (AvgIpc) is 2.82. The smallest absolute Gasteiger partial charge is 0.259 e. The molecule has 0 unspecified atom stereocenters. The van der Waals surface area contributed by atoms with Gasteiger partial charge >= 0.3 is 0 Å². The van der Waals surface area contributed by atoms with Gasteiger partial charge in [-0.1, -0.05) is 48.5 Å². The molecule has 4 N–H and O–H groups in total. The molecule has 0 aromatic heterocycles. The molecule has 0 heterocycles. The van der Waals surface area contributed by atoms with E-state index in [-0.39, 0.29) is 24.9 Å². The van der Waals surface area contributed by atoms with E-state index in [2.05, 4.69) is 31.7 Å². The van der Waals surface area contributed by atoms with Crippen LogP contribution in [0.15, 0.2) is 83.0 Å². The summed E-state index contributed by atoms with van der Waals surface area (Å²) in [4.78, 5) is 24.1. The number of carbonyl (C=O) groups is 2. The Morgan fingerprint density at radius 1 is 0.676 bits per heavy atom. The summed E-state index contributed by atoms with van der Waals surface area (Å²) < 4.78 is 0. The lowest BCUT2D eigenvalue weighted by molar-refractivity contribution is -0.120. The summed E-state index contributed by atoms with van der Waals surface area (Å²) in [5, 5.41) is 14.2. The molecule has 0 atom stereocenters. The number of carbonyl (C=O) groups excluding carboxylic acids is 2. The first-order valence-corrected chi connectivity index (χ1v) is 10.8. The summed E-state index contributed by atoms with van der Waals surface area (Å²) in [6.07, 6.45) is 3.07. The van der Waals surface area contributed by atoms with Crippen LogP contribution >= 0.6 is 0 Å². The minimum atomic E-state index is -0.266. The van der Waals surface area contributed by atoms with E-state index in [0.717, 1.165) is 33.6 Å². The van der Waals surface area contributed by atoms with Crippen LogP contribution in [0.4, 0.5) is 11.4 Å². The first-order chi connectivity index (χ1) is 16.5. The van der Waals surface area contributed by atoms with Gasteiger partial charge in [0.25, 0.3) is 11.8 Å². The first kappa shape index (κ1) is 24.2. The lowest BCUT2D eigenvalue weighted by Crippen LogP contribution is -2.26. The fourth-order valence-corrected chi connectivity index (χ4v) is 3.05. The number of aryl methyl sites for hydroxylation is 2. The van der Waals surface area contributed by atoms with Crippen LogP contribution in [-0.2, 0) is 9.59 Å². The molecule has 34 heavy (non-hydrogen) atoms. The van der Waals surface area contributed by atoms with Crippen LogP contribution in [0.5, 0.6) is 0 Å². The van der Waals surface area contributed by atoms with Crippen molar-refractivity contribution in [3.8, 4) is 0 Å². The van der Waals surface area contributed by atoms with Gasteiger partial charge in [0.05, 0.1) is 25.5 Å². The summed E-state index contributed by atoms with van der Waals surface area (Å²) in [6.45, 7) is 4.19. The van der Waals surface area contributed by atoms with E-state index in [0.29, 0.717) is 0 Å². The van der Waals surface area contributed by atoms with Gasteiger partial charge in [-0.3, -0.25) is 9.59 Å². The number of benzene rings is 3. The summed E-state index contributed by atoms with van der Waals surface area (Å²) in [7, 11) is 0. The molecule has 174 valence electrons. The molecule has 0 saturated carbocycles. The number of hydrazone groups is 2. The van der Waals surface area contributed by atoms with E-state index >= 15 is 0 Å². The van der Waals surface area contributed by atoms with Gasteiger partial charge in [0.2, 0.25) is 0 Å². The Labute approximate surface area is 199 Å². The molecule has 0 spiro atoms. The molecule has 0 aliphatic rings. The van der Waals surface area contributed by atoms with Crippen molar-refractivity contribution in [3.05, 3.63) is 95.1 Å². The van der Waals surface area contributed by atoms with Crippen LogP contribution in [0.2, 0.25) is 0 Å². The maximum atomic E-state index is 12.0. The standard InChI is InChI=1S/C26H28N6O2/c1-19-7-5-11-23(13-19)27-17-25(33)31-29-15-21-9-3-4-10-22(21)16-30-32-26(34)18-28-24-12-6-8-20(2)14-24/h3-16,27-28H,17-18H2,1-2H3,(H,31,33)(H,32,34). The second-order valence-electron chi connectivity index (χ2n) is 7.66. The number of nitrogens with zero attached hydrogens (tertiary/aromatic N) is 2. The lowest BCUT2D eigenvalue weighted by atomic mass is 10.1. The highest BCUT2D eigenvalue weighted by Crippen LogP contribution is 2.09. The highest BCUT2D eigenvalue weighted by Gasteiger charge is 2.02. The van der Waals surface area contributed by atoms with Gasteiger partial charge in [-0.25, -0.2) is 10.9 Å². The first-order valence-electron chi connectivity index (χ1n) is 10.8. The lowest BCUT2D eigenvalue weighted by Gasteiger charge is -2.06. The maximum Gasteiger partial charge on any atom is 0.259 e. The Morgan fingerprint density at radius 3 is 1.53 bits per heavy atom. The average molecular weight is 457 g/mol. The number of amides is 2. The van der Waals surface area contributed by atoms with Crippen LogP contribution in [0, 0.1) is 13.8 Å². The second-order valence-corrected chi connectivity index (χ2v) is 7.66. The Balaban J connectivity index is 1.46. The zero-order valence-corrected chi connectivity index (χ0v) is 19.2. The quantitative estimate of drug-likeness (QED) is 0.277. The molecule has 8 nitrogen and oxygen atoms in total. The van der Waals surface area contributed by atoms with Crippen molar-refractivity contribution < 1.29 is 9.59 Å². The molecule has 0 bridgehead atoms. The highest BCUT2D eigenvalue weighted by molar-refractivity contribution is 5.95. The maximum absolute atomic E-state index is 12.0. The molecular weight excluding hydrogens is 428 g/mol. The summed E-state index contributed by atoms with van der Waals surface area (Å²) in [6, 6.07) is 22.9. The summed E-state index contributed by atoms with van der Waals surface area (Å²) >= 11 is 0. The topological polar surface area (TPSA) is 107 Å². The minimum absolute atomic E-state index is 0.104. The van der Waals surface area contributed by atoms with E-state index in [4.69, 9.17) is 0 Å². The van der Waals surface area contributed by atoms with Crippen molar-refractivity contribution >= 4 is 35.6 Å². The third kappa shape index (κ3) is 8.23. The Morgan fingerprint density at radius 2 is 1.12 bits per heavy atom. The normalized spacial score (nSPS) is 10.9. The fourth-order valence-electron chi connectivity index (χ4n) is 3.05. The minimum Gasteiger partial charge on any atom is -0.376 e. The number of nitrogens with one attached hydrogen (secondary N) is 4. The van der Waals surface area contributed by atoms with Gasteiger partial charge in [0, 0.05) is 22.5 Å². The van der Waals surface area contributed by atoms with Crippen LogP contribution in [-0.4, -0.2) is 37.3 Å². The number of hydrogen-bond donors (Lipinski definition) is 4. The van der Waals surface area contributed by atoms with E-state index in [1.54, 1.807) is 0 Å². The molecule has 3 rings (SSSR count). The molecule has 3 aromatic carbocycles. The molecule has 0 saturated heterocycles. The van der Waals surface area contributed by atoms with Gasteiger partial charge < -0.3 is 10.6 Å².